The molecule has 3 nitrogen and oxygen atoms in total. The zero-order chi connectivity index (χ0) is 20.7. The van der Waals surface area contributed by atoms with Gasteiger partial charge in [0.25, 0.3) is 5.91 Å². The highest BCUT2D eigenvalue weighted by atomic mass is 16.3. The van der Waals surface area contributed by atoms with Crippen LogP contribution < -0.4 is 5.32 Å². The molecule has 0 radical (unpaired) electrons. The lowest BCUT2D eigenvalue weighted by atomic mass is 9.70. The third kappa shape index (κ3) is 2.98. The fourth-order valence-electron chi connectivity index (χ4n) is 5.14. The largest absolute Gasteiger partial charge is 0.387 e. The van der Waals surface area contributed by atoms with Gasteiger partial charge in [-0.1, -0.05) is 72.3 Å². The molecule has 3 heteroatoms. The molecule has 0 saturated carbocycles. The Kier molecular flexibility index (Phi) is 4.56. The minimum absolute atomic E-state index is 0.0847. The zero-order valence-electron chi connectivity index (χ0n) is 17.1. The van der Waals surface area contributed by atoms with Gasteiger partial charge in [0.2, 0.25) is 0 Å². The molecule has 2 aliphatic rings. The molecule has 0 bridgehead atoms. The Hall–Kier alpha value is -3.17. The smallest absolute Gasteiger partial charge is 0.251 e. The number of rotatable bonds is 4. The molecule has 30 heavy (non-hydrogen) atoms. The summed E-state index contributed by atoms with van der Waals surface area (Å²) in [6.45, 7) is 0. The molecule has 3 aromatic carbocycles. The molecule has 0 spiro atoms. The number of benzene rings is 3. The first kappa shape index (κ1) is 18.8. The van der Waals surface area contributed by atoms with Gasteiger partial charge in [0.05, 0.1) is 6.10 Å². The first-order valence-corrected chi connectivity index (χ1v) is 10.5. The van der Waals surface area contributed by atoms with Crippen LogP contribution in [0, 0.1) is 5.41 Å². The molecule has 150 valence electrons. The third-order valence-corrected chi connectivity index (χ3v) is 6.75. The maximum atomic E-state index is 11.9. The van der Waals surface area contributed by atoms with E-state index in [-0.39, 0.29) is 11.3 Å². The fraction of sp³-hybridized carbons (Fsp3) is 0.222. The van der Waals surface area contributed by atoms with Crippen molar-refractivity contribution in [2.75, 3.05) is 7.05 Å². The van der Waals surface area contributed by atoms with Gasteiger partial charge >= 0.3 is 0 Å². The van der Waals surface area contributed by atoms with E-state index in [1.807, 2.05) is 30.3 Å². The summed E-state index contributed by atoms with van der Waals surface area (Å²) in [5, 5.41) is 14.2. The number of aliphatic hydroxyl groups excluding tert-OH is 1. The minimum Gasteiger partial charge on any atom is -0.387 e. The van der Waals surface area contributed by atoms with E-state index in [1.54, 1.807) is 7.05 Å². The molecular weight excluding hydrogens is 370 g/mol. The molecular formula is C27H25NO2. The molecule has 3 aromatic rings. The number of amides is 1. The van der Waals surface area contributed by atoms with Crippen LogP contribution in [0.1, 0.15) is 44.3 Å². The quantitative estimate of drug-likeness (QED) is 0.683. The molecule has 0 aliphatic heterocycles. The normalized spacial score (nSPS) is 21.7. The van der Waals surface area contributed by atoms with Crippen molar-refractivity contribution in [3.8, 4) is 0 Å². The van der Waals surface area contributed by atoms with E-state index in [1.165, 1.54) is 22.3 Å². The minimum atomic E-state index is -0.548. The number of hydrogen-bond donors (Lipinski definition) is 2. The van der Waals surface area contributed by atoms with Gasteiger partial charge in [0, 0.05) is 18.0 Å². The van der Waals surface area contributed by atoms with E-state index in [2.05, 4.69) is 53.9 Å². The molecule has 0 saturated heterocycles. The number of hydrogen-bond acceptors (Lipinski definition) is 2. The Morgan fingerprint density at radius 1 is 1.00 bits per heavy atom. The SMILES string of the molecule is CNC(=O)c1ccc(C[C@]2(C3=Cc4ccccc4C3)Cc3ccccc3[C@@H]2O)cc1. The topological polar surface area (TPSA) is 49.3 Å². The average molecular weight is 396 g/mol. The van der Waals surface area contributed by atoms with Crippen LogP contribution >= 0.6 is 0 Å². The average Bonchev–Trinajstić information content (AvgIpc) is 3.34. The van der Waals surface area contributed by atoms with Crippen LogP contribution in [-0.2, 0) is 19.3 Å². The van der Waals surface area contributed by atoms with Crippen LogP contribution in [0.15, 0.2) is 78.4 Å². The molecule has 0 aromatic heterocycles. The van der Waals surface area contributed by atoms with Crippen LogP contribution in [0.25, 0.3) is 6.08 Å². The molecule has 5 rings (SSSR count). The van der Waals surface area contributed by atoms with E-state index >= 15 is 0 Å². The lowest BCUT2D eigenvalue weighted by Crippen LogP contribution is -2.31. The lowest BCUT2D eigenvalue weighted by molar-refractivity contribution is 0.0651. The van der Waals surface area contributed by atoms with Crippen molar-refractivity contribution >= 4 is 12.0 Å². The van der Waals surface area contributed by atoms with Crippen molar-refractivity contribution in [1.29, 1.82) is 0 Å². The van der Waals surface area contributed by atoms with Gasteiger partial charge in [-0.15, -0.1) is 0 Å². The van der Waals surface area contributed by atoms with Crippen molar-refractivity contribution in [2.45, 2.75) is 25.4 Å². The zero-order valence-corrected chi connectivity index (χ0v) is 17.1. The highest BCUT2D eigenvalue weighted by Gasteiger charge is 2.48. The summed E-state index contributed by atoms with van der Waals surface area (Å²) >= 11 is 0. The van der Waals surface area contributed by atoms with Gasteiger partial charge in [-0.3, -0.25) is 4.79 Å². The van der Waals surface area contributed by atoms with Crippen LogP contribution in [0.4, 0.5) is 0 Å². The predicted molar refractivity (Wildman–Crippen MR) is 119 cm³/mol. The number of nitrogens with one attached hydrogen (secondary N) is 1. The summed E-state index contributed by atoms with van der Waals surface area (Å²) in [4.78, 5) is 11.9. The van der Waals surface area contributed by atoms with Crippen LogP contribution in [-0.4, -0.2) is 18.1 Å². The summed E-state index contributed by atoms with van der Waals surface area (Å²) in [5.74, 6) is -0.0847. The highest BCUT2D eigenvalue weighted by Crippen LogP contribution is 2.54. The molecule has 2 atom stereocenters. The standard InChI is InChI=1S/C27H25NO2/c1-28-26(30)19-12-10-18(11-13-19)16-27(17-22-8-4-5-9-24(22)25(27)29)23-14-20-6-2-3-7-21(20)15-23/h2-14,25,29H,15-17H2,1H3,(H,28,30)/t25-,27+/m0/s1. The van der Waals surface area contributed by atoms with Gasteiger partial charge in [0.1, 0.15) is 0 Å². The number of carbonyl (C=O) groups is 1. The Labute approximate surface area is 177 Å². The van der Waals surface area contributed by atoms with Crippen molar-refractivity contribution in [1.82, 2.24) is 5.32 Å². The number of aliphatic hydroxyl groups is 1. The van der Waals surface area contributed by atoms with Crippen LogP contribution in [0.3, 0.4) is 0 Å². The molecule has 0 heterocycles. The van der Waals surface area contributed by atoms with E-state index in [0.29, 0.717) is 5.56 Å². The Balaban J connectivity index is 1.55. The van der Waals surface area contributed by atoms with E-state index in [0.717, 1.165) is 30.4 Å². The molecule has 2 N–H and O–H groups in total. The van der Waals surface area contributed by atoms with Crippen molar-refractivity contribution in [2.24, 2.45) is 5.41 Å². The van der Waals surface area contributed by atoms with Gasteiger partial charge in [-0.2, -0.15) is 0 Å². The Bertz CT molecular complexity index is 1150. The number of fused-ring (bicyclic) bond motifs is 2. The van der Waals surface area contributed by atoms with Gasteiger partial charge in [-0.05, 0) is 59.2 Å². The number of carbonyl (C=O) groups excluding carboxylic acids is 1. The van der Waals surface area contributed by atoms with Gasteiger partial charge in [0.15, 0.2) is 0 Å². The van der Waals surface area contributed by atoms with E-state index in [9.17, 15) is 9.90 Å². The van der Waals surface area contributed by atoms with Gasteiger partial charge < -0.3 is 10.4 Å². The molecule has 2 aliphatic carbocycles. The maximum absolute atomic E-state index is 11.9. The monoisotopic (exact) mass is 395 g/mol. The van der Waals surface area contributed by atoms with E-state index in [4.69, 9.17) is 0 Å². The molecule has 1 amide bonds. The fourth-order valence-corrected chi connectivity index (χ4v) is 5.14. The van der Waals surface area contributed by atoms with Gasteiger partial charge in [-0.25, -0.2) is 0 Å². The van der Waals surface area contributed by atoms with Crippen molar-refractivity contribution in [3.63, 3.8) is 0 Å². The molecule has 0 unspecified atom stereocenters. The second kappa shape index (κ2) is 7.26. The predicted octanol–water partition coefficient (Wildman–Crippen LogP) is 4.50. The van der Waals surface area contributed by atoms with E-state index < -0.39 is 6.10 Å². The summed E-state index contributed by atoms with van der Waals surface area (Å²) < 4.78 is 0. The molecule has 0 fully saturated rings. The van der Waals surface area contributed by atoms with Crippen molar-refractivity contribution in [3.05, 3.63) is 112 Å². The van der Waals surface area contributed by atoms with Crippen LogP contribution in [0.5, 0.6) is 0 Å². The lowest BCUT2D eigenvalue weighted by Gasteiger charge is -2.35. The van der Waals surface area contributed by atoms with Crippen LogP contribution in [0.2, 0.25) is 0 Å². The summed E-state index contributed by atoms with van der Waals surface area (Å²) in [5.41, 5.74) is 7.54. The summed E-state index contributed by atoms with van der Waals surface area (Å²) in [6.07, 6.45) is 4.16. The Morgan fingerprint density at radius 3 is 2.40 bits per heavy atom. The first-order valence-electron chi connectivity index (χ1n) is 10.5. The first-order chi connectivity index (χ1) is 14.6. The third-order valence-electron chi connectivity index (χ3n) is 6.75. The second-order valence-electron chi connectivity index (χ2n) is 8.43. The highest BCUT2D eigenvalue weighted by molar-refractivity contribution is 5.93. The van der Waals surface area contributed by atoms with Crippen molar-refractivity contribution < 1.29 is 9.90 Å². The summed E-state index contributed by atoms with van der Waals surface area (Å²) in [6, 6.07) is 24.5. The maximum Gasteiger partial charge on any atom is 0.251 e. The summed E-state index contributed by atoms with van der Waals surface area (Å²) in [7, 11) is 1.64. The second-order valence-corrected chi connectivity index (χ2v) is 8.43. The Morgan fingerprint density at radius 2 is 1.70 bits per heavy atom.